The Hall–Kier alpha value is -2.88. The Balaban J connectivity index is 2.23. The minimum atomic E-state index is -0.946. The second kappa shape index (κ2) is 6.79. The molecule has 1 heterocycles. The molecule has 4 nitrogen and oxygen atoms in total. The van der Waals surface area contributed by atoms with E-state index in [9.17, 15) is 9.90 Å². The van der Waals surface area contributed by atoms with E-state index in [1.165, 1.54) is 5.56 Å². The van der Waals surface area contributed by atoms with Crippen LogP contribution >= 0.6 is 0 Å². The average Bonchev–Trinajstić information content (AvgIpc) is 3.02. The van der Waals surface area contributed by atoms with Crippen molar-refractivity contribution < 1.29 is 9.90 Å². The molecule has 0 aliphatic rings. The van der Waals surface area contributed by atoms with Crippen LogP contribution in [0.1, 0.15) is 49.3 Å². The molecule has 0 saturated heterocycles. The Bertz CT molecular complexity index is 917. The molecule has 0 spiro atoms. The first kappa shape index (κ1) is 17.9. The summed E-state index contributed by atoms with van der Waals surface area (Å²) in [4.78, 5) is 12.0. The van der Waals surface area contributed by atoms with Gasteiger partial charge in [0.2, 0.25) is 0 Å². The third-order valence-corrected chi connectivity index (χ3v) is 4.53. The molecular weight excluding hydrogens is 324 g/mol. The minimum Gasteiger partial charge on any atom is -0.478 e. The fourth-order valence-corrected chi connectivity index (χ4v) is 3.09. The van der Waals surface area contributed by atoms with E-state index in [1.54, 1.807) is 4.68 Å². The zero-order valence-electron chi connectivity index (χ0n) is 15.7. The van der Waals surface area contributed by atoms with Gasteiger partial charge in [0.25, 0.3) is 0 Å². The van der Waals surface area contributed by atoms with E-state index in [4.69, 9.17) is 0 Å². The highest BCUT2D eigenvalue weighted by Crippen LogP contribution is 2.31. The Morgan fingerprint density at radius 3 is 2.15 bits per heavy atom. The first-order chi connectivity index (χ1) is 12.3. The number of carbonyl (C=O) groups is 1. The summed E-state index contributed by atoms with van der Waals surface area (Å²) >= 11 is 0. The molecule has 0 fully saturated rings. The zero-order valence-corrected chi connectivity index (χ0v) is 15.7. The van der Waals surface area contributed by atoms with Crippen molar-refractivity contribution in [2.24, 2.45) is 0 Å². The van der Waals surface area contributed by atoms with Crippen LogP contribution in [0, 0.1) is 0 Å². The van der Waals surface area contributed by atoms with E-state index < -0.39 is 5.97 Å². The number of aromatic nitrogens is 2. The normalized spacial score (nSPS) is 11.5. The molecule has 0 amide bonds. The molecular formula is C22H24N2O2. The first-order valence-corrected chi connectivity index (χ1v) is 8.84. The second-order valence-corrected chi connectivity index (χ2v) is 7.40. The summed E-state index contributed by atoms with van der Waals surface area (Å²) in [5, 5.41) is 14.4. The number of hydrogen-bond donors (Lipinski definition) is 1. The standard InChI is InChI=1S/C22H24N2O2/c1-5-18-19(21(25)26)20(15-9-7-6-8-10-15)24(23-18)17-13-11-16(12-14-17)22(2,3)4/h6-14H,5H2,1-4H3,(H,25,26). The zero-order chi connectivity index (χ0) is 18.9. The van der Waals surface area contributed by atoms with Crippen molar-refractivity contribution in [2.45, 2.75) is 39.5 Å². The van der Waals surface area contributed by atoms with Gasteiger partial charge in [0.05, 0.1) is 17.1 Å². The molecule has 4 heteroatoms. The number of aryl methyl sites for hydroxylation is 1. The topological polar surface area (TPSA) is 55.1 Å². The number of hydrogen-bond acceptors (Lipinski definition) is 2. The molecule has 1 N–H and O–H groups in total. The van der Waals surface area contributed by atoms with Gasteiger partial charge in [0.15, 0.2) is 0 Å². The molecule has 0 unspecified atom stereocenters. The fraction of sp³-hybridized carbons (Fsp3) is 0.273. The van der Waals surface area contributed by atoms with E-state index in [0.29, 0.717) is 17.8 Å². The lowest BCUT2D eigenvalue weighted by molar-refractivity contribution is 0.0696. The predicted octanol–water partition coefficient (Wildman–Crippen LogP) is 5.10. The summed E-state index contributed by atoms with van der Waals surface area (Å²) in [5.74, 6) is -0.946. The van der Waals surface area contributed by atoms with E-state index in [0.717, 1.165) is 11.3 Å². The second-order valence-electron chi connectivity index (χ2n) is 7.40. The van der Waals surface area contributed by atoms with Gasteiger partial charge in [-0.3, -0.25) is 0 Å². The van der Waals surface area contributed by atoms with Crippen LogP contribution in [0.25, 0.3) is 16.9 Å². The molecule has 0 atom stereocenters. The minimum absolute atomic E-state index is 0.0612. The van der Waals surface area contributed by atoms with Crippen molar-refractivity contribution >= 4 is 5.97 Å². The lowest BCUT2D eigenvalue weighted by Crippen LogP contribution is -2.11. The van der Waals surface area contributed by atoms with E-state index >= 15 is 0 Å². The summed E-state index contributed by atoms with van der Waals surface area (Å²) in [6.45, 7) is 8.44. The SMILES string of the molecule is CCc1nn(-c2ccc(C(C)(C)C)cc2)c(-c2ccccc2)c1C(=O)O. The predicted molar refractivity (Wildman–Crippen MR) is 104 cm³/mol. The Labute approximate surface area is 154 Å². The van der Waals surface area contributed by atoms with E-state index in [2.05, 4.69) is 38.0 Å². The van der Waals surface area contributed by atoms with Gasteiger partial charge < -0.3 is 5.11 Å². The maximum absolute atomic E-state index is 12.0. The van der Waals surface area contributed by atoms with Crippen molar-refractivity contribution in [1.82, 2.24) is 9.78 Å². The van der Waals surface area contributed by atoms with Crippen LogP contribution in [0.4, 0.5) is 0 Å². The molecule has 0 aliphatic heterocycles. The third kappa shape index (κ3) is 3.27. The fourth-order valence-electron chi connectivity index (χ4n) is 3.09. The van der Waals surface area contributed by atoms with Crippen molar-refractivity contribution in [3.63, 3.8) is 0 Å². The Kier molecular flexibility index (Phi) is 4.68. The molecule has 0 bridgehead atoms. The molecule has 1 aromatic heterocycles. The monoisotopic (exact) mass is 348 g/mol. The van der Waals surface area contributed by atoms with Crippen LogP contribution in [0.3, 0.4) is 0 Å². The Morgan fingerprint density at radius 2 is 1.65 bits per heavy atom. The highest BCUT2D eigenvalue weighted by molar-refractivity contribution is 5.96. The molecule has 26 heavy (non-hydrogen) atoms. The summed E-state index contributed by atoms with van der Waals surface area (Å²) in [7, 11) is 0. The van der Waals surface area contributed by atoms with Gasteiger partial charge in [-0.2, -0.15) is 5.10 Å². The number of carboxylic acids is 1. The van der Waals surface area contributed by atoms with Crippen LogP contribution < -0.4 is 0 Å². The van der Waals surface area contributed by atoms with Crippen LogP contribution in [0.5, 0.6) is 0 Å². The number of nitrogens with zero attached hydrogens (tertiary/aromatic N) is 2. The van der Waals surface area contributed by atoms with Gasteiger partial charge >= 0.3 is 5.97 Å². The molecule has 2 aromatic carbocycles. The average molecular weight is 348 g/mol. The lowest BCUT2D eigenvalue weighted by Gasteiger charge is -2.19. The summed E-state index contributed by atoms with van der Waals surface area (Å²) in [5.41, 5.74) is 4.49. The molecule has 0 aliphatic carbocycles. The smallest absolute Gasteiger partial charge is 0.339 e. The quantitative estimate of drug-likeness (QED) is 0.714. The van der Waals surface area contributed by atoms with E-state index in [-0.39, 0.29) is 11.0 Å². The van der Waals surface area contributed by atoms with E-state index in [1.807, 2.05) is 49.4 Å². The largest absolute Gasteiger partial charge is 0.478 e. The van der Waals surface area contributed by atoms with Crippen LogP contribution in [-0.2, 0) is 11.8 Å². The lowest BCUT2D eigenvalue weighted by atomic mass is 9.87. The molecule has 3 rings (SSSR count). The maximum Gasteiger partial charge on any atom is 0.339 e. The summed E-state index contributed by atoms with van der Waals surface area (Å²) in [6, 6.07) is 17.8. The van der Waals surface area contributed by atoms with Crippen molar-refractivity contribution in [2.75, 3.05) is 0 Å². The Morgan fingerprint density at radius 1 is 1.04 bits per heavy atom. The molecule has 134 valence electrons. The third-order valence-electron chi connectivity index (χ3n) is 4.53. The van der Waals surface area contributed by atoms with Gasteiger partial charge in [-0.25, -0.2) is 9.48 Å². The number of aromatic carboxylic acids is 1. The van der Waals surface area contributed by atoms with Gasteiger partial charge in [0, 0.05) is 5.56 Å². The highest BCUT2D eigenvalue weighted by atomic mass is 16.4. The highest BCUT2D eigenvalue weighted by Gasteiger charge is 2.24. The first-order valence-electron chi connectivity index (χ1n) is 8.84. The molecule has 3 aromatic rings. The van der Waals surface area contributed by atoms with Crippen LogP contribution in [0.15, 0.2) is 54.6 Å². The van der Waals surface area contributed by atoms with Crippen molar-refractivity contribution in [3.8, 4) is 16.9 Å². The maximum atomic E-state index is 12.0. The molecule has 0 saturated carbocycles. The van der Waals surface area contributed by atoms with Gasteiger partial charge in [0.1, 0.15) is 5.56 Å². The van der Waals surface area contributed by atoms with Crippen molar-refractivity contribution in [1.29, 1.82) is 0 Å². The number of carboxylic acid groups (broad SMARTS) is 1. The number of benzene rings is 2. The number of rotatable bonds is 4. The van der Waals surface area contributed by atoms with Crippen LogP contribution in [-0.4, -0.2) is 20.9 Å². The van der Waals surface area contributed by atoms with Gasteiger partial charge in [-0.05, 0) is 29.5 Å². The summed E-state index contributed by atoms with van der Waals surface area (Å²) < 4.78 is 1.75. The van der Waals surface area contributed by atoms with Crippen molar-refractivity contribution in [3.05, 3.63) is 71.4 Å². The molecule has 0 radical (unpaired) electrons. The van der Waals surface area contributed by atoms with Crippen LogP contribution in [0.2, 0.25) is 0 Å². The van der Waals surface area contributed by atoms with Gasteiger partial charge in [-0.15, -0.1) is 0 Å². The van der Waals surface area contributed by atoms with Gasteiger partial charge in [-0.1, -0.05) is 70.2 Å². The summed E-state index contributed by atoms with van der Waals surface area (Å²) in [6.07, 6.45) is 0.564.